The average Bonchev–Trinajstić information content (AvgIpc) is 2.84. The third-order valence-electron chi connectivity index (χ3n) is 4.01. The number of hydrogen-bond donors (Lipinski definition) is 2. The maximum atomic E-state index is 12.2. The van der Waals surface area contributed by atoms with Gasteiger partial charge in [-0.2, -0.15) is 0 Å². The summed E-state index contributed by atoms with van der Waals surface area (Å²) in [6.45, 7) is 2.59. The quantitative estimate of drug-likeness (QED) is 0.664. The molecule has 2 heterocycles. The monoisotopic (exact) mass is 329 g/mol. The minimum atomic E-state index is -0.301. The van der Waals surface area contributed by atoms with Gasteiger partial charge in [0, 0.05) is 36.3 Å². The molecule has 1 aliphatic rings. The number of carbonyl (C=O) groups is 1. The molecule has 0 unspecified atom stereocenters. The van der Waals surface area contributed by atoms with E-state index in [0.717, 1.165) is 5.70 Å². The van der Waals surface area contributed by atoms with Gasteiger partial charge in [0.05, 0.1) is 18.7 Å². The molecule has 6 heteroatoms. The molecule has 0 spiro atoms. The molecule has 0 fully saturated rings. The van der Waals surface area contributed by atoms with E-state index >= 15 is 0 Å². The molecule has 0 saturated heterocycles. The Labute approximate surface area is 140 Å². The Morgan fingerprint density at radius 2 is 2.17 bits per heavy atom. The van der Waals surface area contributed by atoms with E-state index in [9.17, 15) is 4.79 Å². The number of nitrogens with one attached hydrogen (secondary N) is 2. The van der Waals surface area contributed by atoms with E-state index < -0.39 is 0 Å². The van der Waals surface area contributed by atoms with E-state index in [4.69, 9.17) is 17.0 Å². The summed E-state index contributed by atoms with van der Waals surface area (Å²) in [6, 6.07) is 8.22. The number of hydrogen-bond acceptors (Lipinski definition) is 3. The summed E-state index contributed by atoms with van der Waals surface area (Å²) in [7, 11) is 2.02. The highest BCUT2D eigenvalue weighted by molar-refractivity contribution is 7.80. The molecule has 5 nitrogen and oxygen atoms in total. The van der Waals surface area contributed by atoms with Crippen molar-refractivity contribution in [1.29, 1.82) is 0 Å². The number of para-hydroxylation sites is 1. The Morgan fingerprint density at radius 3 is 2.96 bits per heavy atom. The number of benzene rings is 1. The molecule has 120 valence electrons. The fraction of sp³-hybridized carbons (Fsp3) is 0.294. The first-order valence-corrected chi connectivity index (χ1v) is 7.92. The third kappa shape index (κ3) is 3.22. The summed E-state index contributed by atoms with van der Waals surface area (Å²) in [5.74, 6) is -0.301. The van der Waals surface area contributed by atoms with Crippen LogP contribution in [0, 0.1) is 0 Å². The van der Waals surface area contributed by atoms with Crippen LogP contribution in [0.2, 0.25) is 0 Å². The second-order valence-electron chi connectivity index (χ2n) is 5.58. The number of thiocarbonyl (C=S) groups is 1. The van der Waals surface area contributed by atoms with Gasteiger partial charge in [0.2, 0.25) is 0 Å². The van der Waals surface area contributed by atoms with Gasteiger partial charge in [0.25, 0.3) is 0 Å². The van der Waals surface area contributed by atoms with Gasteiger partial charge >= 0.3 is 5.97 Å². The molecular formula is C17H19N3O2S. The molecule has 0 radical (unpaired) electrons. The molecule has 1 aromatic heterocycles. The van der Waals surface area contributed by atoms with E-state index in [1.165, 1.54) is 16.5 Å². The summed E-state index contributed by atoms with van der Waals surface area (Å²) < 4.78 is 7.51. The van der Waals surface area contributed by atoms with Crippen LogP contribution in [0.15, 0.2) is 41.7 Å². The lowest BCUT2D eigenvalue weighted by Crippen LogP contribution is -2.43. The van der Waals surface area contributed by atoms with Gasteiger partial charge in [-0.05, 0) is 30.8 Å². The molecule has 1 aromatic carbocycles. The molecule has 0 atom stereocenters. The zero-order chi connectivity index (χ0) is 16.4. The second kappa shape index (κ2) is 6.42. The first-order chi connectivity index (χ1) is 11.1. The molecule has 0 saturated carbocycles. The van der Waals surface area contributed by atoms with Crippen LogP contribution in [-0.2, 0) is 23.0 Å². The van der Waals surface area contributed by atoms with Crippen molar-refractivity contribution < 1.29 is 9.53 Å². The first kappa shape index (κ1) is 15.6. The second-order valence-corrected chi connectivity index (χ2v) is 5.99. The average molecular weight is 329 g/mol. The van der Waals surface area contributed by atoms with Crippen LogP contribution in [0.3, 0.4) is 0 Å². The van der Waals surface area contributed by atoms with Crippen LogP contribution in [-0.4, -0.2) is 28.8 Å². The fourth-order valence-corrected chi connectivity index (χ4v) is 3.01. The number of esters is 1. The van der Waals surface area contributed by atoms with Crippen molar-refractivity contribution >= 4 is 34.2 Å². The molecule has 0 aliphatic carbocycles. The topological polar surface area (TPSA) is 55.3 Å². The minimum absolute atomic E-state index is 0.301. The van der Waals surface area contributed by atoms with Crippen molar-refractivity contribution in [2.75, 3.05) is 13.2 Å². The van der Waals surface area contributed by atoms with E-state index in [1.807, 2.05) is 26.1 Å². The molecule has 3 rings (SSSR count). The Hall–Kier alpha value is -2.34. The number of ether oxygens (including phenoxy) is 1. The molecule has 0 bridgehead atoms. The maximum Gasteiger partial charge on any atom is 0.337 e. The highest BCUT2D eigenvalue weighted by Crippen LogP contribution is 2.20. The van der Waals surface area contributed by atoms with Gasteiger partial charge in [-0.15, -0.1) is 0 Å². The molecule has 2 N–H and O–H groups in total. The van der Waals surface area contributed by atoms with Crippen molar-refractivity contribution in [1.82, 2.24) is 15.2 Å². The van der Waals surface area contributed by atoms with Crippen molar-refractivity contribution in [2.45, 2.75) is 13.3 Å². The molecule has 0 amide bonds. The number of allylic oxidation sites excluding steroid dienone is 1. The highest BCUT2D eigenvalue weighted by Gasteiger charge is 2.19. The van der Waals surface area contributed by atoms with E-state index in [1.54, 1.807) is 0 Å². The number of carbonyl (C=O) groups excluding carboxylic acids is 1. The van der Waals surface area contributed by atoms with Crippen LogP contribution in [0.1, 0.15) is 12.5 Å². The van der Waals surface area contributed by atoms with Crippen LogP contribution >= 0.6 is 12.2 Å². The zero-order valence-corrected chi connectivity index (χ0v) is 14.0. The summed E-state index contributed by atoms with van der Waals surface area (Å²) >= 11 is 5.01. The van der Waals surface area contributed by atoms with Crippen LogP contribution < -0.4 is 10.6 Å². The van der Waals surface area contributed by atoms with Gasteiger partial charge in [-0.3, -0.25) is 0 Å². The third-order valence-corrected chi connectivity index (χ3v) is 4.26. The van der Waals surface area contributed by atoms with Crippen molar-refractivity contribution in [3.05, 3.63) is 47.3 Å². The Morgan fingerprint density at radius 1 is 1.39 bits per heavy atom. The summed E-state index contributed by atoms with van der Waals surface area (Å²) in [4.78, 5) is 12.2. The number of nitrogens with zero attached hydrogens (tertiary/aromatic N) is 1. The lowest BCUT2D eigenvalue weighted by atomic mass is 10.1. The van der Waals surface area contributed by atoms with Crippen molar-refractivity contribution in [3.8, 4) is 0 Å². The maximum absolute atomic E-state index is 12.2. The summed E-state index contributed by atoms with van der Waals surface area (Å²) in [5, 5.41) is 7.62. The van der Waals surface area contributed by atoms with E-state index in [2.05, 4.69) is 33.5 Å². The normalized spacial score (nSPS) is 14.6. The predicted octanol–water partition coefficient (Wildman–Crippen LogP) is 2.02. The predicted molar refractivity (Wildman–Crippen MR) is 94.0 cm³/mol. The number of fused-ring (bicyclic) bond motifs is 1. The van der Waals surface area contributed by atoms with Gasteiger partial charge in [-0.25, -0.2) is 4.79 Å². The van der Waals surface area contributed by atoms with E-state index in [0.29, 0.717) is 30.3 Å². The first-order valence-electron chi connectivity index (χ1n) is 7.51. The Kier molecular flexibility index (Phi) is 4.34. The standard InChI is InChI=1S/C17H19N3O2S/c1-11-14(9-18-17(23)19-11)16(21)22-8-7-12-10-20(2)15-6-4-3-5-13(12)15/h3-6,10H,7-9H2,1-2H3,(H2,18,19,23). The lowest BCUT2D eigenvalue weighted by molar-refractivity contribution is -0.139. The van der Waals surface area contributed by atoms with Crippen LogP contribution in [0.5, 0.6) is 0 Å². The van der Waals surface area contributed by atoms with Crippen molar-refractivity contribution in [3.63, 3.8) is 0 Å². The summed E-state index contributed by atoms with van der Waals surface area (Å²) in [5.41, 5.74) is 3.71. The van der Waals surface area contributed by atoms with Gasteiger partial charge in [0.15, 0.2) is 5.11 Å². The fourth-order valence-electron chi connectivity index (χ4n) is 2.78. The van der Waals surface area contributed by atoms with Gasteiger partial charge < -0.3 is 19.9 Å². The Balaban J connectivity index is 1.64. The highest BCUT2D eigenvalue weighted by atomic mass is 32.1. The van der Waals surface area contributed by atoms with Gasteiger partial charge in [-0.1, -0.05) is 18.2 Å². The lowest BCUT2D eigenvalue weighted by Gasteiger charge is -2.20. The minimum Gasteiger partial charge on any atom is -0.462 e. The smallest absolute Gasteiger partial charge is 0.337 e. The Bertz CT molecular complexity index is 807. The van der Waals surface area contributed by atoms with Crippen LogP contribution in [0.4, 0.5) is 0 Å². The largest absolute Gasteiger partial charge is 0.462 e. The number of aryl methyl sites for hydroxylation is 1. The van der Waals surface area contributed by atoms with Crippen LogP contribution in [0.25, 0.3) is 10.9 Å². The van der Waals surface area contributed by atoms with Crippen molar-refractivity contribution in [2.24, 2.45) is 7.05 Å². The molecule has 2 aromatic rings. The van der Waals surface area contributed by atoms with E-state index in [-0.39, 0.29) is 5.97 Å². The molecular weight excluding hydrogens is 310 g/mol. The molecule has 23 heavy (non-hydrogen) atoms. The summed E-state index contributed by atoms with van der Waals surface area (Å²) in [6.07, 6.45) is 2.78. The number of rotatable bonds is 4. The zero-order valence-electron chi connectivity index (χ0n) is 13.2. The SMILES string of the molecule is CC1=C(C(=O)OCCc2cn(C)c3ccccc23)CNC(=S)N1. The number of aromatic nitrogens is 1. The molecule has 1 aliphatic heterocycles. The van der Waals surface area contributed by atoms with Gasteiger partial charge in [0.1, 0.15) is 0 Å².